The summed E-state index contributed by atoms with van der Waals surface area (Å²) >= 11 is 1.70. The van der Waals surface area contributed by atoms with Gasteiger partial charge in [-0.2, -0.15) is 0 Å². The Morgan fingerprint density at radius 1 is 1.53 bits per heavy atom. The summed E-state index contributed by atoms with van der Waals surface area (Å²) in [5.74, 6) is 0.408. The van der Waals surface area contributed by atoms with Crippen molar-refractivity contribution < 1.29 is 9.53 Å². The van der Waals surface area contributed by atoms with E-state index in [9.17, 15) is 4.79 Å². The number of ether oxygens (including phenoxy) is 1. The molecule has 1 unspecified atom stereocenters. The van der Waals surface area contributed by atoms with Gasteiger partial charge in [0.15, 0.2) is 0 Å². The molecule has 0 spiro atoms. The van der Waals surface area contributed by atoms with Crippen LogP contribution in [-0.2, 0) is 9.53 Å². The Morgan fingerprint density at radius 3 is 2.82 bits per heavy atom. The van der Waals surface area contributed by atoms with Crippen LogP contribution in [-0.4, -0.2) is 31.1 Å². The Bertz CT molecular complexity index is 358. The minimum absolute atomic E-state index is 0.149. The summed E-state index contributed by atoms with van der Waals surface area (Å²) in [7, 11) is 1.90. The van der Waals surface area contributed by atoms with Crippen LogP contribution >= 0.6 is 11.3 Å². The maximum Gasteiger partial charge on any atom is 0.226 e. The SMILES string of the molecule is CC(c1cccs1)N(C)C(=O)C1CCOCC1. The number of carbonyl (C=O) groups is 1. The normalized spacial score (nSPS) is 18.9. The zero-order valence-corrected chi connectivity index (χ0v) is 11.2. The van der Waals surface area contributed by atoms with Crippen LogP contribution in [0.5, 0.6) is 0 Å². The third-order valence-corrected chi connectivity index (χ3v) is 4.50. The van der Waals surface area contributed by atoms with E-state index in [1.165, 1.54) is 4.88 Å². The van der Waals surface area contributed by atoms with Gasteiger partial charge in [-0.05, 0) is 31.2 Å². The Hall–Kier alpha value is -0.870. The summed E-state index contributed by atoms with van der Waals surface area (Å²) in [6, 6.07) is 4.29. The second kappa shape index (κ2) is 5.65. The highest BCUT2D eigenvalue weighted by molar-refractivity contribution is 7.10. The summed E-state index contributed by atoms with van der Waals surface area (Å²) in [6.45, 7) is 3.53. The standard InChI is InChI=1S/C13H19NO2S/c1-10(12-4-3-9-17-12)14(2)13(15)11-5-7-16-8-6-11/h3-4,9-11H,5-8H2,1-2H3. The minimum Gasteiger partial charge on any atom is -0.381 e. The number of thiophene rings is 1. The summed E-state index contributed by atoms with van der Waals surface area (Å²) in [5.41, 5.74) is 0. The highest BCUT2D eigenvalue weighted by Crippen LogP contribution is 2.26. The molecule has 0 aromatic carbocycles. The molecule has 94 valence electrons. The summed E-state index contributed by atoms with van der Waals surface area (Å²) in [5, 5.41) is 2.05. The van der Waals surface area contributed by atoms with Gasteiger partial charge in [0, 0.05) is 31.1 Å². The van der Waals surface area contributed by atoms with E-state index in [2.05, 4.69) is 18.4 Å². The van der Waals surface area contributed by atoms with Crippen LogP contribution in [0.25, 0.3) is 0 Å². The van der Waals surface area contributed by atoms with Crippen molar-refractivity contribution in [2.45, 2.75) is 25.8 Å². The van der Waals surface area contributed by atoms with Crippen molar-refractivity contribution in [3.63, 3.8) is 0 Å². The van der Waals surface area contributed by atoms with Crippen molar-refractivity contribution in [1.29, 1.82) is 0 Å². The van der Waals surface area contributed by atoms with E-state index in [0.717, 1.165) is 26.1 Å². The molecular formula is C13H19NO2S. The summed E-state index contributed by atoms with van der Waals surface area (Å²) in [4.78, 5) is 15.4. The first-order valence-electron chi connectivity index (χ1n) is 6.08. The van der Waals surface area contributed by atoms with Crippen molar-refractivity contribution in [3.05, 3.63) is 22.4 Å². The molecule has 1 amide bonds. The van der Waals surface area contributed by atoms with Crippen LogP contribution in [0.2, 0.25) is 0 Å². The number of nitrogens with zero attached hydrogens (tertiary/aromatic N) is 1. The van der Waals surface area contributed by atoms with Gasteiger partial charge >= 0.3 is 0 Å². The van der Waals surface area contributed by atoms with E-state index in [4.69, 9.17) is 4.74 Å². The molecular weight excluding hydrogens is 234 g/mol. The molecule has 1 aliphatic rings. The van der Waals surface area contributed by atoms with Crippen molar-refractivity contribution in [3.8, 4) is 0 Å². The maximum absolute atomic E-state index is 12.3. The summed E-state index contributed by atoms with van der Waals surface area (Å²) < 4.78 is 5.29. The Labute approximate surface area is 106 Å². The number of amides is 1. The number of rotatable bonds is 3. The van der Waals surface area contributed by atoms with E-state index in [1.807, 2.05) is 18.0 Å². The Balaban J connectivity index is 1.98. The largest absolute Gasteiger partial charge is 0.381 e. The topological polar surface area (TPSA) is 29.5 Å². The lowest BCUT2D eigenvalue weighted by Gasteiger charge is -2.30. The average Bonchev–Trinajstić information content (AvgIpc) is 2.91. The number of carbonyl (C=O) groups excluding carboxylic acids is 1. The molecule has 1 atom stereocenters. The first-order chi connectivity index (χ1) is 8.20. The zero-order chi connectivity index (χ0) is 12.3. The average molecular weight is 253 g/mol. The van der Waals surface area contributed by atoms with Gasteiger partial charge in [-0.15, -0.1) is 11.3 Å². The van der Waals surface area contributed by atoms with Crippen LogP contribution in [0.1, 0.15) is 30.7 Å². The molecule has 1 aliphatic heterocycles. The molecule has 3 nitrogen and oxygen atoms in total. The Kier molecular flexibility index (Phi) is 4.18. The number of hydrogen-bond donors (Lipinski definition) is 0. The van der Waals surface area contributed by atoms with Crippen molar-refractivity contribution >= 4 is 17.2 Å². The first kappa shape index (κ1) is 12.6. The van der Waals surface area contributed by atoms with E-state index >= 15 is 0 Å². The van der Waals surface area contributed by atoms with E-state index in [1.54, 1.807) is 11.3 Å². The molecule has 1 fully saturated rings. The molecule has 17 heavy (non-hydrogen) atoms. The highest BCUT2D eigenvalue weighted by Gasteiger charge is 2.27. The van der Waals surface area contributed by atoms with Crippen LogP contribution < -0.4 is 0 Å². The molecule has 1 aromatic heterocycles. The molecule has 0 radical (unpaired) electrons. The second-order valence-corrected chi connectivity index (χ2v) is 5.51. The molecule has 1 aromatic rings. The lowest BCUT2D eigenvalue weighted by molar-refractivity contribution is -0.139. The van der Waals surface area contributed by atoms with E-state index < -0.39 is 0 Å². The van der Waals surface area contributed by atoms with Crippen LogP contribution in [0.3, 0.4) is 0 Å². The number of hydrogen-bond acceptors (Lipinski definition) is 3. The predicted octanol–water partition coefficient (Wildman–Crippen LogP) is 2.69. The lowest BCUT2D eigenvalue weighted by atomic mass is 9.98. The highest BCUT2D eigenvalue weighted by atomic mass is 32.1. The molecule has 0 saturated carbocycles. The molecule has 1 saturated heterocycles. The quantitative estimate of drug-likeness (QED) is 0.829. The van der Waals surface area contributed by atoms with Crippen molar-refractivity contribution in [1.82, 2.24) is 4.90 Å². The van der Waals surface area contributed by atoms with Gasteiger partial charge in [-0.25, -0.2) is 0 Å². The molecule has 2 heterocycles. The van der Waals surface area contributed by atoms with Crippen LogP contribution in [0, 0.1) is 5.92 Å². The predicted molar refractivity (Wildman–Crippen MR) is 69.0 cm³/mol. The van der Waals surface area contributed by atoms with Crippen molar-refractivity contribution in [2.24, 2.45) is 5.92 Å². The fourth-order valence-corrected chi connectivity index (χ4v) is 2.97. The monoisotopic (exact) mass is 253 g/mol. The first-order valence-corrected chi connectivity index (χ1v) is 6.96. The molecule has 0 aliphatic carbocycles. The maximum atomic E-state index is 12.3. The summed E-state index contributed by atoms with van der Waals surface area (Å²) in [6.07, 6.45) is 1.72. The second-order valence-electron chi connectivity index (χ2n) is 4.53. The Morgan fingerprint density at radius 2 is 2.24 bits per heavy atom. The van der Waals surface area contributed by atoms with Crippen LogP contribution in [0.15, 0.2) is 17.5 Å². The van der Waals surface area contributed by atoms with Gasteiger partial charge in [0.2, 0.25) is 5.91 Å². The van der Waals surface area contributed by atoms with Gasteiger partial charge < -0.3 is 9.64 Å². The molecule has 4 heteroatoms. The fraction of sp³-hybridized carbons (Fsp3) is 0.615. The van der Waals surface area contributed by atoms with Gasteiger partial charge in [0.1, 0.15) is 0 Å². The van der Waals surface area contributed by atoms with Gasteiger partial charge in [0.05, 0.1) is 6.04 Å². The molecule has 2 rings (SSSR count). The smallest absolute Gasteiger partial charge is 0.226 e. The van der Waals surface area contributed by atoms with Gasteiger partial charge in [-0.3, -0.25) is 4.79 Å². The van der Waals surface area contributed by atoms with Gasteiger partial charge in [0.25, 0.3) is 0 Å². The minimum atomic E-state index is 0.149. The van der Waals surface area contributed by atoms with E-state index in [0.29, 0.717) is 0 Å². The third kappa shape index (κ3) is 2.87. The van der Waals surface area contributed by atoms with Gasteiger partial charge in [-0.1, -0.05) is 6.07 Å². The van der Waals surface area contributed by atoms with Crippen LogP contribution in [0.4, 0.5) is 0 Å². The molecule has 0 N–H and O–H groups in total. The van der Waals surface area contributed by atoms with Crippen molar-refractivity contribution in [2.75, 3.05) is 20.3 Å². The molecule has 0 bridgehead atoms. The zero-order valence-electron chi connectivity index (χ0n) is 10.4. The third-order valence-electron chi connectivity index (χ3n) is 3.45. The van der Waals surface area contributed by atoms with E-state index in [-0.39, 0.29) is 17.9 Å². The lowest BCUT2D eigenvalue weighted by Crippen LogP contribution is -2.37. The fourth-order valence-electron chi connectivity index (χ4n) is 2.14.